The normalized spacial score (nSPS) is 17.9. The molecule has 2 N–H and O–H groups in total. The third kappa shape index (κ3) is 7.72. The van der Waals surface area contributed by atoms with Crippen LogP contribution in [-0.4, -0.2) is 67.1 Å². The Morgan fingerprint density at radius 2 is 1.95 bits per heavy atom. The molecule has 7 heteroatoms. The number of hydrogen-bond donors (Lipinski definition) is 2. The van der Waals surface area contributed by atoms with Gasteiger partial charge in [-0.1, -0.05) is 30.9 Å². The predicted molar refractivity (Wildman–Crippen MR) is 155 cm³/mol. The van der Waals surface area contributed by atoms with Crippen molar-refractivity contribution in [1.29, 1.82) is 0 Å². The molecule has 5 rings (SSSR count). The van der Waals surface area contributed by atoms with Crippen molar-refractivity contribution in [2.75, 3.05) is 50.8 Å². The smallest absolute Gasteiger partial charge is 0.123 e. The maximum Gasteiger partial charge on any atom is 0.123 e. The van der Waals surface area contributed by atoms with E-state index in [1.54, 1.807) is 12.1 Å². The summed E-state index contributed by atoms with van der Waals surface area (Å²) >= 11 is 0. The Kier molecular flexibility index (Phi) is 9.31. The molecule has 3 heterocycles. The minimum Gasteiger partial charge on any atom is -0.385 e. The van der Waals surface area contributed by atoms with Crippen LogP contribution in [0.2, 0.25) is 0 Å². The van der Waals surface area contributed by atoms with Crippen molar-refractivity contribution in [2.45, 2.75) is 38.2 Å². The lowest BCUT2D eigenvalue weighted by Crippen LogP contribution is -2.48. The standard InChI is InChI=1S/C32H38FN5O/c1-25(34-15-5-6-27-21-35-36-22-27)28-11-14-32(29(20-28)10-7-26-8-12-30(33)13-9-26)38-18-19-39-31(24-38)23-37-16-3-2-4-17-37/h8-9,11-14,20-22,31,34H,1-6,15-19,23-24H2,(H,35,36). The molecular formula is C32H38FN5O. The van der Waals surface area contributed by atoms with Crippen LogP contribution in [0.25, 0.3) is 5.70 Å². The molecule has 0 aliphatic carbocycles. The lowest BCUT2D eigenvalue weighted by molar-refractivity contribution is 0.0121. The van der Waals surface area contributed by atoms with Crippen LogP contribution in [0.3, 0.4) is 0 Å². The van der Waals surface area contributed by atoms with Crippen molar-refractivity contribution in [3.63, 3.8) is 0 Å². The Balaban J connectivity index is 1.31. The van der Waals surface area contributed by atoms with E-state index in [2.05, 4.69) is 61.9 Å². The van der Waals surface area contributed by atoms with Crippen LogP contribution in [0.1, 0.15) is 47.9 Å². The number of morpholine rings is 1. The second-order valence-corrected chi connectivity index (χ2v) is 10.4. The number of nitrogens with zero attached hydrogens (tertiary/aromatic N) is 3. The monoisotopic (exact) mass is 527 g/mol. The Labute approximate surface area is 231 Å². The highest BCUT2D eigenvalue weighted by molar-refractivity contribution is 5.70. The van der Waals surface area contributed by atoms with Crippen molar-refractivity contribution < 1.29 is 9.13 Å². The van der Waals surface area contributed by atoms with Gasteiger partial charge in [-0.25, -0.2) is 4.39 Å². The van der Waals surface area contributed by atoms with E-state index < -0.39 is 0 Å². The number of benzene rings is 2. The van der Waals surface area contributed by atoms with Crippen molar-refractivity contribution in [3.05, 3.63) is 89.5 Å². The number of aromatic nitrogens is 2. The molecule has 204 valence electrons. The molecule has 6 nitrogen and oxygen atoms in total. The number of piperidine rings is 1. The summed E-state index contributed by atoms with van der Waals surface area (Å²) in [5.41, 5.74) is 5.93. The summed E-state index contributed by atoms with van der Waals surface area (Å²) in [5.74, 6) is 6.36. The summed E-state index contributed by atoms with van der Waals surface area (Å²) < 4.78 is 19.6. The van der Waals surface area contributed by atoms with Gasteiger partial charge in [0.2, 0.25) is 0 Å². The van der Waals surface area contributed by atoms with Gasteiger partial charge in [-0.2, -0.15) is 5.10 Å². The number of rotatable bonds is 9. The Morgan fingerprint density at radius 1 is 1.10 bits per heavy atom. The summed E-state index contributed by atoms with van der Waals surface area (Å²) in [6.07, 6.45) is 9.82. The number of aromatic amines is 1. The van der Waals surface area contributed by atoms with Gasteiger partial charge in [0.1, 0.15) is 5.82 Å². The van der Waals surface area contributed by atoms with Crippen LogP contribution in [0.5, 0.6) is 0 Å². The van der Waals surface area contributed by atoms with Gasteiger partial charge in [-0.05, 0) is 86.3 Å². The number of likely N-dealkylation sites (tertiary alicyclic amines) is 1. The van der Waals surface area contributed by atoms with Gasteiger partial charge in [0.15, 0.2) is 0 Å². The molecule has 2 fully saturated rings. The Morgan fingerprint density at radius 3 is 2.74 bits per heavy atom. The first-order chi connectivity index (χ1) is 19.1. The molecule has 1 unspecified atom stereocenters. The number of halogens is 1. The van der Waals surface area contributed by atoms with Crippen LogP contribution >= 0.6 is 0 Å². The SMILES string of the molecule is C=C(NCCCc1cn[nH]c1)c1ccc(N2CCOC(CN3CCCCC3)C2)c(C#Cc2ccc(F)cc2)c1. The van der Waals surface area contributed by atoms with E-state index in [0.717, 1.165) is 67.1 Å². The number of ether oxygens (including phenoxy) is 1. The zero-order valence-electron chi connectivity index (χ0n) is 22.6. The number of anilines is 1. The minimum atomic E-state index is -0.258. The zero-order chi connectivity index (χ0) is 26.9. The van der Waals surface area contributed by atoms with Gasteiger partial charge < -0.3 is 19.9 Å². The quantitative estimate of drug-likeness (QED) is 0.308. The number of hydrogen-bond acceptors (Lipinski definition) is 5. The summed E-state index contributed by atoms with van der Waals surface area (Å²) in [4.78, 5) is 4.94. The molecule has 0 spiro atoms. The molecule has 0 bridgehead atoms. The van der Waals surface area contributed by atoms with Gasteiger partial charge >= 0.3 is 0 Å². The summed E-state index contributed by atoms with van der Waals surface area (Å²) in [7, 11) is 0. The second kappa shape index (κ2) is 13.5. The van der Waals surface area contributed by atoms with Crippen LogP contribution < -0.4 is 10.2 Å². The van der Waals surface area contributed by atoms with E-state index in [1.807, 2.05) is 12.4 Å². The largest absolute Gasteiger partial charge is 0.385 e. The molecule has 3 aromatic rings. The van der Waals surface area contributed by atoms with Crippen LogP contribution in [0.4, 0.5) is 10.1 Å². The van der Waals surface area contributed by atoms with Gasteiger partial charge in [0, 0.05) is 49.2 Å². The molecule has 0 amide bonds. The highest BCUT2D eigenvalue weighted by Gasteiger charge is 2.25. The number of nitrogens with one attached hydrogen (secondary N) is 2. The van der Waals surface area contributed by atoms with E-state index >= 15 is 0 Å². The van der Waals surface area contributed by atoms with E-state index in [9.17, 15) is 4.39 Å². The summed E-state index contributed by atoms with van der Waals surface area (Å²) in [6.45, 7) is 10.8. The summed E-state index contributed by atoms with van der Waals surface area (Å²) in [6, 6.07) is 12.7. The number of H-pyrrole nitrogens is 1. The molecule has 2 aliphatic heterocycles. The molecule has 0 saturated carbocycles. The van der Waals surface area contributed by atoms with Crippen molar-refractivity contribution >= 4 is 11.4 Å². The minimum absolute atomic E-state index is 0.182. The van der Waals surface area contributed by atoms with Crippen LogP contribution in [0, 0.1) is 17.7 Å². The second-order valence-electron chi connectivity index (χ2n) is 10.4. The van der Waals surface area contributed by atoms with E-state index in [0.29, 0.717) is 6.61 Å². The van der Waals surface area contributed by atoms with Gasteiger partial charge in [-0.3, -0.25) is 5.10 Å². The lowest BCUT2D eigenvalue weighted by atomic mass is 10.0. The highest BCUT2D eigenvalue weighted by Crippen LogP contribution is 2.26. The molecule has 39 heavy (non-hydrogen) atoms. The Hall–Kier alpha value is -3.60. The molecule has 2 saturated heterocycles. The molecule has 2 aromatic carbocycles. The fourth-order valence-corrected chi connectivity index (χ4v) is 5.30. The van der Waals surface area contributed by atoms with E-state index in [4.69, 9.17) is 4.74 Å². The fraction of sp³-hybridized carbons (Fsp3) is 0.406. The third-order valence-electron chi connectivity index (χ3n) is 7.46. The zero-order valence-corrected chi connectivity index (χ0v) is 22.6. The topological polar surface area (TPSA) is 56.4 Å². The fourth-order valence-electron chi connectivity index (χ4n) is 5.30. The van der Waals surface area contributed by atoms with E-state index in [1.165, 1.54) is 50.0 Å². The highest BCUT2D eigenvalue weighted by atomic mass is 19.1. The van der Waals surface area contributed by atoms with Gasteiger partial charge in [0.25, 0.3) is 0 Å². The molecule has 1 aromatic heterocycles. The molecule has 1 atom stereocenters. The van der Waals surface area contributed by atoms with Gasteiger partial charge in [0.05, 0.1) is 24.6 Å². The lowest BCUT2D eigenvalue weighted by Gasteiger charge is -2.38. The van der Waals surface area contributed by atoms with Crippen molar-refractivity contribution in [3.8, 4) is 11.8 Å². The van der Waals surface area contributed by atoms with Crippen molar-refractivity contribution in [2.24, 2.45) is 0 Å². The molecule has 0 radical (unpaired) electrons. The van der Waals surface area contributed by atoms with Crippen LogP contribution in [0.15, 0.2) is 61.4 Å². The van der Waals surface area contributed by atoms with Crippen molar-refractivity contribution in [1.82, 2.24) is 20.4 Å². The molecule has 2 aliphatic rings. The predicted octanol–water partition coefficient (Wildman–Crippen LogP) is 4.83. The summed E-state index contributed by atoms with van der Waals surface area (Å²) in [5, 5.41) is 10.3. The first-order valence-electron chi connectivity index (χ1n) is 14.1. The average Bonchev–Trinajstić information content (AvgIpc) is 3.49. The third-order valence-corrected chi connectivity index (χ3v) is 7.46. The maximum atomic E-state index is 13.4. The first-order valence-corrected chi connectivity index (χ1v) is 14.1. The van der Waals surface area contributed by atoms with E-state index in [-0.39, 0.29) is 11.9 Å². The average molecular weight is 528 g/mol. The Bertz CT molecular complexity index is 1270. The van der Waals surface area contributed by atoms with Gasteiger partial charge in [-0.15, -0.1) is 0 Å². The first kappa shape index (κ1) is 27.0. The molecular weight excluding hydrogens is 489 g/mol. The van der Waals surface area contributed by atoms with Crippen LogP contribution in [-0.2, 0) is 11.2 Å². The number of aryl methyl sites for hydroxylation is 1. The maximum absolute atomic E-state index is 13.4.